The highest BCUT2D eigenvalue weighted by atomic mass is 35.5. The average molecular weight is 283 g/mol. The van der Waals surface area contributed by atoms with Gasteiger partial charge in [-0.3, -0.25) is 9.88 Å². The van der Waals surface area contributed by atoms with Crippen molar-refractivity contribution >= 4 is 11.6 Å². The molecule has 2 N–H and O–H groups in total. The summed E-state index contributed by atoms with van der Waals surface area (Å²) in [5.41, 5.74) is 6.98. The molecule has 1 aromatic rings. The molecule has 1 aromatic heterocycles. The lowest BCUT2D eigenvalue weighted by atomic mass is 9.90. The van der Waals surface area contributed by atoms with Crippen LogP contribution in [0.5, 0.6) is 0 Å². The van der Waals surface area contributed by atoms with E-state index in [2.05, 4.69) is 21.8 Å². The first-order valence-electron chi connectivity index (χ1n) is 7.15. The highest BCUT2D eigenvalue weighted by Gasteiger charge is 2.24. The standard InChI is InChI=1S/C14H23ClN4/c1-2-7-19(13-5-3-11(16)4-6-13)10-12-8-18-14(15)9-17-12/h8-9,11,13H,2-7,10,16H2,1H3. The largest absolute Gasteiger partial charge is 0.328 e. The highest BCUT2D eigenvalue weighted by Crippen LogP contribution is 2.23. The maximum absolute atomic E-state index is 5.98. The zero-order valence-electron chi connectivity index (χ0n) is 11.6. The van der Waals surface area contributed by atoms with Crippen LogP contribution in [0.25, 0.3) is 0 Å². The molecule has 0 saturated heterocycles. The fraction of sp³-hybridized carbons (Fsp3) is 0.714. The Morgan fingerprint density at radius 3 is 2.58 bits per heavy atom. The smallest absolute Gasteiger partial charge is 0.147 e. The molecule has 106 valence electrons. The van der Waals surface area contributed by atoms with Crippen LogP contribution in [0, 0.1) is 0 Å². The van der Waals surface area contributed by atoms with Gasteiger partial charge in [-0.05, 0) is 38.6 Å². The van der Waals surface area contributed by atoms with Gasteiger partial charge in [0.1, 0.15) is 5.15 Å². The number of rotatable bonds is 5. The maximum atomic E-state index is 5.98. The zero-order valence-corrected chi connectivity index (χ0v) is 12.3. The van der Waals surface area contributed by atoms with E-state index in [1.54, 1.807) is 12.4 Å². The molecule has 1 heterocycles. The van der Waals surface area contributed by atoms with E-state index >= 15 is 0 Å². The molecule has 2 rings (SSSR count). The third-order valence-corrected chi connectivity index (χ3v) is 4.00. The van der Waals surface area contributed by atoms with Crippen molar-refractivity contribution in [2.75, 3.05) is 6.54 Å². The molecule has 0 aliphatic heterocycles. The second kappa shape index (κ2) is 7.17. The van der Waals surface area contributed by atoms with Crippen LogP contribution in [0.2, 0.25) is 5.15 Å². The Bertz CT molecular complexity index is 374. The third kappa shape index (κ3) is 4.41. The summed E-state index contributed by atoms with van der Waals surface area (Å²) in [6.45, 7) is 4.18. The van der Waals surface area contributed by atoms with Crippen LogP contribution in [-0.2, 0) is 6.54 Å². The minimum absolute atomic E-state index is 0.398. The maximum Gasteiger partial charge on any atom is 0.147 e. The molecule has 0 unspecified atom stereocenters. The molecule has 0 amide bonds. The van der Waals surface area contributed by atoms with Crippen LogP contribution >= 0.6 is 11.6 Å². The number of hydrogen-bond acceptors (Lipinski definition) is 4. The fourth-order valence-corrected chi connectivity index (χ4v) is 2.87. The second-order valence-electron chi connectivity index (χ2n) is 5.37. The Balaban J connectivity index is 1.97. The van der Waals surface area contributed by atoms with Crippen LogP contribution in [0.1, 0.15) is 44.7 Å². The van der Waals surface area contributed by atoms with Crippen molar-refractivity contribution < 1.29 is 0 Å². The predicted octanol–water partition coefficient (Wildman–Crippen LogP) is 2.61. The molecule has 19 heavy (non-hydrogen) atoms. The van der Waals surface area contributed by atoms with Crippen molar-refractivity contribution in [1.82, 2.24) is 14.9 Å². The quantitative estimate of drug-likeness (QED) is 0.902. The SMILES string of the molecule is CCCN(Cc1cnc(Cl)cn1)C1CCC(N)CC1. The summed E-state index contributed by atoms with van der Waals surface area (Å²) in [5, 5.41) is 0.453. The average Bonchev–Trinajstić information content (AvgIpc) is 2.42. The third-order valence-electron chi connectivity index (χ3n) is 3.81. The monoisotopic (exact) mass is 282 g/mol. The first kappa shape index (κ1) is 14.7. The zero-order chi connectivity index (χ0) is 13.7. The molecule has 0 spiro atoms. The molecule has 1 aliphatic rings. The van der Waals surface area contributed by atoms with E-state index in [-0.39, 0.29) is 0 Å². The Morgan fingerprint density at radius 2 is 2.00 bits per heavy atom. The minimum atomic E-state index is 0.398. The van der Waals surface area contributed by atoms with E-state index in [1.165, 1.54) is 12.8 Å². The van der Waals surface area contributed by atoms with Gasteiger partial charge in [-0.25, -0.2) is 4.98 Å². The number of nitrogens with two attached hydrogens (primary N) is 1. The Morgan fingerprint density at radius 1 is 1.26 bits per heavy atom. The minimum Gasteiger partial charge on any atom is -0.328 e. The lowest BCUT2D eigenvalue weighted by Gasteiger charge is -2.35. The molecule has 1 aliphatic carbocycles. The van der Waals surface area contributed by atoms with Crippen molar-refractivity contribution in [2.45, 2.75) is 57.7 Å². The number of nitrogens with zero attached hydrogens (tertiary/aromatic N) is 3. The van der Waals surface area contributed by atoms with Gasteiger partial charge >= 0.3 is 0 Å². The molecule has 5 heteroatoms. The summed E-state index contributed by atoms with van der Waals surface area (Å²) in [5.74, 6) is 0. The summed E-state index contributed by atoms with van der Waals surface area (Å²) in [7, 11) is 0. The Kier molecular flexibility index (Phi) is 5.55. The highest BCUT2D eigenvalue weighted by molar-refractivity contribution is 6.29. The van der Waals surface area contributed by atoms with Crippen molar-refractivity contribution in [3.05, 3.63) is 23.2 Å². The van der Waals surface area contributed by atoms with Gasteiger partial charge < -0.3 is 5.73 Å². The summed E-state index contributed by atoms with van der Waals surface area (Å²) in [6, 6.07) is 1.03. The molecule has 0 atom stereocenters. The molecule has 1 saturated carbocycles. The normalized spacial score (nSPS) is 23.8. The van der Waals surface area contributed by atoms with Crippen LogP contribution < -0.4 is 5.73 Å². The van der Waals surface area contributed by atoms with Gasteiger partial charge in [-0.2, -0.15) is 0 Å². The Hall–Kier alpha value is -0.710. The van der Waals surface area contributed by atoms with Gasteiger partial charge in [0, 0.05) is 18.6 Å². The molecule has 0 bridgehead atoms. The van der Waals surface area contributed by atoms with Gasteiger partial charge in [0.2, 0.25) is 0 Å². The van der Waals surface area contributed by atoms with Crippen molar-refractivity contribution in [3.63, 3.8) is 0 Å². The summed E-state index contributed by atoms with van der Waals surface area (Å²) in [4.78, 5) is 11.0. The van der Waals surface area contributed by atoms with Crippen molar-refractivity contribution in [3.8, 4) is 0 Å². The van der Waals surface area contributed by atoms with Crippen molar-refractivity contribution in [1.29, 1.82) is 0 Å². The second-order valence-corrected chi connectivity index (χ2v) is 5.76. The van der Waals surface area contributed by atoms with E-state index < -0.39 is 0 Å². The number of hydrogen-bond donors (Lipinski definition) is 1. The van der Waals surface area contributed by atoms with E-state index in [4.69, 9.17) is 17.3 Å². The van der Waals surface area contributed by atoms with E-state index in [9.17, 15) is 0 Å². The predicted molar refractivity (Wildman–Crippen MR) is 78.0 cm³/mol. The lowest BCUT2D eigenvalue weighted by Crippen LogP contribution is -2.41. The molecule has 0 radical (unpaired) electrons. The van der Waals surface area contributed by atoms with Crippen LogP contribution in [-0.4, -0.2) is 33.5 Å². The number of halogens is 1. The van der Waals surface area contributed by atoms with Gasteiger partial charge in [-0.15, -0.1) is 0 Å². The molecular formula is C14H23ClN4. The van der Waals surface area contributed by atoms with E-state index in [1.807, 2.05) is 0 Å². The van der Waals surface area contributed by atoms with Gasteiger partial charge in [0.15, 0.2) is 0 Å². The van der Waals surface area contributed by atoms with Crippen LogP contribution in [0.4, 0.5) is 0 Å². The topological polar surface area (TPSA) is 55.0 Å². The molecular weight excluding hydrogens is 260 g/mol. The molecule has 1 fully saturated rings. The first-order chi connectivity index (χ1) is 9.19. The van der Waals surface area contributed by atoms with Gasteiger partial charge in [0.05, 0.1) is 18.1 Å². The van der Waals surface area contributed by atoms with Gasteiger partial charge in [-0.1, -0.05) is 18.5 Å². The van der Waals surface area contributed by atoms with Crippen molar-refractivity contribution in [2.24, 2.45) is 5.73 Å². The van der Waals surface area contributed by atoms with Crippen LogP contribution in [0.3, 0.4) is 0 Å². The number of aromatic nitrogens is 2. The van der Waals surface area contributed by atoms with Crippen LogP contribution in [0.15, 0.2) is 12.4 Å². The molecule has 4 nitrogen and oxygen atoms in total. The lowest BCUT2D eigenvalue weighted by molar-refractivity contribution is 0.140. The first-order valence-corrected chi connectivity index (χ1v) is 7.53. The summed E-state index contributed by atoms with van der Waals surface area (Å²) >= 11 is 5.77. The Labute approximate surface area is 120 Å². The molecule has 0 aromatic carbocycles. The fourth-order valence-electron chi connectivity index (χ4n) is 2.77. The summed E-state index contributed by atoms with van der Waals surface area (Å²) in [6.07, 6.45) is 9.22. The van der Waals surface area contributed by atoms with E-state index in [0.717, 1.165) is 38.0 Å². The summed E-state index contributed by atoms with van der Waals surface area (Å²) < 4.78 is 0. The van der Waals surface area contributed by atoms with Gasteiger partial charge in [0.25, 0.3) is 0 Å². The van der Waals surface area contributed by atoms with E-state index in [0.29, 0.717) is 17.2 Å².